The lowest BCUT2D eigenvalue weighted by atomic mass is 10.1. The number of nitrogens with zero attached hydrogens (tertiary/aromatic N) is 1. The number of aryl methyl sites for hydroxylation is 1. The van der Waals surface area contributed by atoms with Crippen LogP contribution in [0.5, 0.6) is 23.0 Å². The number of rotatable bonds is 9. The monoisotopic (exact) mass is 584 g/mol. The molecule has 0 spiro atoms. The Morgan fingerprint density at radius 1 is 0.900 bits per heavy atom. The van der Waals surface area contributed by atoms with Crippen molar-refractivity contribution >= 4 is 52.8 Å². The standard InChI is InChI=1S/C29H26Cl2N2O7/c1-5-39-25-12-18(11-21(31)26(25)40-15-17-8-6-7-16(2)9-17)10-19-27(34)32-29(36)33(28(19)35)22-14-23(37-3)20(30)13-24(22)38-4/h6-14H,5,15H2,1-4H3,(H,32,34,36)/b19-10+. The Morgan fingerprint density at radius 2 is 1.65 bits per heavy atom. The molecular weight excluding hydrogens is 559 g/mol. The Balaban J connectivity index is 1.71. The molecular formula is C29H26Cl2N2O7. The fraction of sp³-hybridized carbons (Fsp3) is 0.207. The van der Waals surface area contributed by atoms with Crippen LogP contribution < -0.4 is 29.2 Å². The fourth-order valence-corrected chi connectivity index (χ4v) is 4.60. The number of anilines is 1. The second kappa shape index (κ2) is 12.3. The van der Waals surface area contributed by atoms with Gasteiger partial charge in [-0.1, -0.05) is 53.0 Å². The van der Waals surface area contributed by atoms with Gasteiger partial charge in [-0.15, -0.1) is 0 Å². The summed E-state index contributed by atoms with van der Waals surface area (Å²) in [5.41, 5.74) is 2.15. The Hall–Kier alpha value is -4.21. The first-order valence-corrected chi connectivity index (χ1v) is 12.9. The number of amides is 4. The highest BCUT2D eigenvalue weighted by molar-refractivity contribution is 6.40. The number of ether oxygens (including phenoxy) is 4. The third kappa shape index (κ3) is 6.00. The van der Waals surface area contributed by atoms with E-state index in [0.29, 0.717) is 23.7 Å². The van der Waals surface area contributed by atoms with Crippen molar-refractivity contribution in [2.45, 2.75) is 20.5 Å². The smallest absolute Gasteiger partial charge is 0.336 e. The highest BCUT2D eigenvalue weighted by Gasteiger charge is 2.38. The SMILES string of the molecule is CCOc1cc(/C=C2\C(=O)NC(=O)N(c3cc(OC)c(Cl)cc3OC)C2=O)cc(Cl)c1OCc1cccc(C)c1. The van der Waals surface area contributed by atoms with Gasteiger partial charge < -0.3 is 18.9 Å². The van der Waals surface area contributed by atoms with Gasteiger partial charge in [-0.05, 0) is 43.2 Å². The Kier molecular flexibility index (Phi) is 8.86. The quantitative estimate of drug-likeness (QED) is 0.244. The molecule has 1 N–H and O–H groups in total. The Bertz CT molecular complexity index is 1520. The highest BCUT2D eigenvalue weighted by atomic mass is 35.5. The summed E-state index contributed by atoms with van der Waals surface area (Å²) in [6.45, 7) is 4.36. The van der Waals surface area contributed by atoms with Crippen molar-refractivity contribution in [3.63, 3.8) is 0 Å². The second-order valence-electron chi connectivity index (χ2n) is 8.66. The van der Waals surface area contributed by atoms with Crippen molar-refractivity contribution in [1.29, 1.82) is 0 Å². The second-order valence-corrected chi connectivity index (χ2v) is 9.47. The summed E-state index contributed by atoms with van der Waals surface area (Å²) < 4.78 is 22.3. The number of imide groups is 2. The van der Waals surface area contributed by atoms with Gasteiger partial charge in [-0.2, -0.15) is 0 Å². The molecule has 208 valence electrons. The van der Waals surface area contributed by atoms with Crippen LogP contribution in [0.2, 0.25) is 10.0 Å². The molecule has 0 saturated carbocycles. The summed E-state index contributed by atoms with van der Waals surface area (Å²) in [7, 11) is 2.74. The number of methoxy groups -OCH3 is 2. The van der Waals surface area contributed by atoms with Crippen molar-refractivity contribution in [3.8, 4) is 23.0 Å². The number of carbonyl (C=O) groups is 3. The van der Waals surface area contributed by atoms with Gasteiger partial charge in [0.05, 0.1) is 36.6 Å². The molecule has 0 unspecified atom stereocenters. The molecule has 11 heteroatoms. The summed E-state index contributed by atoms with van der Waals surface area (Å²) in [6.07, 6.45) is 1.31. The van der Waals surface area contributed by atoms with Gasteiger partial charge in [0, 0.05) is 12.1 Å². The first kappa shape index (κ1) is 28.8. The minimum Gasteiger partial charge on any atom is -0.495 e. The predicted molar refractivity (Wildman–Crippen MR) is 152 cm³/mol. The topological polar surface area (TPSA) is 103 Å². The van der Waals surface area contributed by atoms with E-state index < -0.39 is 17.8 Å². The van der Waals surface area contributed by atoms with Crippen LogP contribution in [-0.2, 0) is 16.2 Å². The molecule has 4 rings (SSSR count). The van der Waals surface area contributed by atoms with Gasteiger partial charge in [-0.3, -0.25) is 14.9 Å². The van der Waals surface area contributed by atoms with E-state index in [1.54, 1.807) is 13.0 Å². The molecule has 3 aromatic carbocycles. The number of benzene rings is 3. The molecule has 3 aromatic rings. The van der Waals surface area contributed by atoms with E-state index in [1.807, 2.05) is 31.2 Å². The van der Waals surface area contributed by atoms with Crippen LogP contribution in [-0.4, -0.2) is 38.7 Å². The largest absolute Gasteiger partial charge is 0.495 e. The van der Waals surface area contributed by atoms with E-state index in [-0.39, 0.29) is 39.4 Å². The van der Waals surface area contributed by atoms with Gasteiger partial charge in [0.2, 0.25) is 0 Å². The Morgan fingerprint density at radius 3 is 2.33 bits per heavy atom. The minimum absolute atomic E-state index is 0.0394. The summed E-state index contributed by atoms with van der Waals surface area (Å²) in [6, 6.07) is 12.8. The molecule has 1 heterocycles. The van der Waals surface area contributed by atoms with E-state index in [4.69, 9.17) is 42.1 Å². The number of barbiturate groups is 1. The molecule has 1 aliphatic heterocycles. The number of halogens is 2. The molecule has 1 aliphatic rings. The number of urea groups is 1. The molecule has 1 saturated heterocycles. The van der Waals surface area contributed by atoms with Gasteiger partial charge >= 0.3 is 6.03 Å². The minimum atomic E-state index is -0.956. The zero-order chi connectivity index (χ0) is 29.0. The van der Waals surface area contributed by atoms with Gasteiger partial charge in [-0.25, -0.2) is 9.69 Å². The van der Waals surface area contributed by atoms with Gasteiger partial charge in [0.25, 0.3) is 11.8 Å². The highest BCUT2D eigenvalue weighted by Crippen LogP contribution is 2.40. The molecule has 9 nitrogen and oxygen atoms in total. The third-order valence-corrected chi connectivity index (χ3v) is 6.48. The van der Waals surface area contributed by atoms with E-state index in [9.17, 15) is 14.4 Å². The lowest BCUT2D eigenvalue weighted by Gasteiger charge is -2.28. The van der Waals surface area contributed by atoms with E-state index in [2.05, 4.69) is 5.32 Å². The molecule has 0 aliphatic carbocycles. The zero-order valence-electron chi connectivity index (χ0n) is 22.2. The third-order valence-electron chi connectivity index (χ3n) is 5.90. The van der Waals surface area contributed by atoms with Crippen LogP contribution >= 0.6 is 23.2 Å². The van der Waals surface area contributed by atoms with Crippen LogP contribution in [0.3, 0.4) is 0 Å². The average Bonchev–Trinajstić information content (AvgIpc) is 2.91. The number of nitrogens with one attached hydrogen (secondary N) is 1. The average molecular weight is 585 g/mol. The zero-order valence-corrected chi connectivity index (χ0v) is 23.7. The maximum atomic E-state index is 13.5. The molecule has 0 bridgehead atoms. The lowest BCUT2D eigenvalue weighted by molar-refractivity contribution is -0.122. The van der Waals surface area contributed by atoms with Crippen molar-refractivity contribution < 1.29 is 33.3 Å². The predicted octanol–water partition coefficient (Wildman–Crippen LogP) is 5.96. The number of carbonyl (C=O) groups excluding carboxylic acids is 3. The molecule has 0 radical (unpaired) electrons. The molecule has 0 atom stereocenters. The summed E-state index contributed by atoms with van der Waals surface area (Å²) in [5.74, 6) is -0.781. The summed E-state index contributed by atoms with van der Waals surface area (Å²) in [4.78, 5) is 39.8. The molecule has 1 fully saturated rings. The van der Waals surface area contributed by atoms with Crippen molar-refractivity contribution in [2.75, 3.05) is 25.7 Å². The molecule has 4 amide bonds. The van der Waals surface area contributed by atoms with E-state index in [1.165, 1.54) is 38.5 Å². The summed E-state index contributed by atoms with van der Waals surface area (Å²) >= 11 is 12.7. The van der Waals surface area contributed by atoms with Crippen LogP contribution in [0.25, 0.3) is 6.08 Å². The fourth-order valence-electron chi connectivity index (χ4n) is 4.09. The van der Waals surface area contributed by atoms with Crippen LogP contribution in [0.4, 0.5) is 10.5 Å². The lowest BCUT2D eigenvalue weighted by Crippen LogP contribution is -2.54. The van der Waals surface area contributed by atoms with Gasteiger partial charge in [0.15, 0.2) is 11.5 Å². The molecule has 40 heavy (non-hydrogen) atoms. The normalized spacial score (nSPS) is 14.3. The van der Waals surface area contributed by atoms with E-state index >= 15 is 0 Å². The number of hydrogen-bond donors (Lipinski definition) is 1. The van der Waals surface area contributed by atoms with E-state index in [0.717, 1.165) is 16.0 Å². The van der Waals surface area contributed by atoms with Crippen LogP contribution in [0, 0.1) is 6.92 Å². The van der Waals surface area contributed by atoms with Crippen molar-refractivity contribution in [2.24, 2.45) is 0 Å². The molecule has 0 aromatic heterocycles. The summed E-state index contributed by atoms with van der Waals surface area (Å²) in [5, 5.41) is 2.61. The van der Waals surface area contributed by atoms with Crippen molar-refractivity contribution in [1.82, 2.24) is 5.32 Å². The first-order valence-electron chi connectivity index (χ1n) is 12.1. The van der Waals surface area contributed by atoms with Crippen LogP contribution in [0.1, 0.15) is 23.6 Å². The number of hydrogen-bond acceptors (Lipinski definition) is 7. The van der Waals surface area contributed by atoms with Gasteiger partial charge in [0.1, 0.15) is 23.7 Å². The van der Waals surface area contributed by atoms with Crippen molar-refractivity contribution in [3.05, 3.63) is 80.8 Å². The maximum absolute atomic E-state index is 13.5. The first-order chi connectivity index (χ1) is 19.2. The van der Waals surface area contributed by atoms with Crippen LogP contribution in [0.15, 0.2) is 54.1 Å². The maximum Gasteiger partial charge on any atom is 0.336 e. The Labute approximate surface area is 241 Å².